The van der Waals surface area contributed by atoms with Gasteiger partial charge in [-0.3, -0.25) is 9.91 Å². The van der Waals surface area contributed by atoms with Gasteiger partial charge in [0.05, 0.1) is 17.5 Å². The molecule has 2 saturated carbocycles. The van der Waals surface area contributed by atoms with Crippen LogP contribution in [0.4, 0.5) is 13.2 Å². The van der Waals surface area contributed by atoms with E-state index in [9.17, 15) is 21.6 Å². The minimum Gasteiger partial charge on any atom is -0.300 e. The lowest BCUT2D eigenvalue weighted by Gasteiger charge is -2.44. The Balaban J connectivity index is 1.19. The summed E-state index contributed by atoms with van der Waals surface area (Å²) in [4.78, 5) is 2.46. The molecular formula is C20H30F3N3O2S. The summed E-state index contributed by atoms with van der Waals surface area (Å²) in [5.74, 6) is 0.944. The molecule has 2 saturated heterocycles. The van der Waals surface area contributed by atoms with E-state index >= 15 is 0 Å². The molecule has 1 unspecified atom stereocenters. The number of alkyl halides is 3. The van der Waals surface area contributed by atoms with Crippen molar-refractivity contribution in [3.63, 3.8) is 0 Å². The van der Waals surface area contributed by atoms with Crippen LogP contribution in [0.5, 0.6) is 0 Å². The second-order valence-corrected chi connectivity index (χ2v) is 12.2. The predicted octanol–water partition coefficient (Wildman–Crippen LogP) is 3.21. The highest BCUT2D eigenvalue weighted by Crippen LogP contribution is 2.45. The lowest BCUT2D eigenvalue weighted by Crippen LogP contribution is -2.51. The largest absolute Gasteiger partial charge is 0.431 e. The smallest absolute Gasteiger partial charge is 0.300 e. The Morgan fingerprint density at radius 1 is 1.00 bits per heavy atom. The van der Waals surface area contributed by atoms with Crippen molar-refractivity contribution in [3.05, 3.63) is 0 Å². The maximum Gasteiger partial charge on any atom is 0.431 e. The van der Waals surface area contributed by atoms with Crippen LogP contribution in [-0.2, 0) is 9.84 Å². The third-order valence-corrected chi connectivity index (χ3v) is 10.2. The van der Waals surface area contributed by atoms with E-state index in [2.05, 4.69) is 10.0 Å². The maximum atomic E-state index is 13.3. The summed E-state index contributed by atoms with van der Waals surface area (Å²) in [6, 6.07) is 0.548. The molecule has 1 atom stereocenters. The van der Waals surface area contributed by atoms with Crippen LogP contribution >= 0.6 is 0 Å². The zero-order valence-electron chi connectivity index (χ0n) is 16.7. The average molecular weight is 434 g/mol. The summed E-state index contributed by atoms with van der Waals surface area (Å²) < 4.78 is 63.1. The SMILES string of the molecule is O=S1(=O)CC2(CCN([C@H]3CC[C@H](C4CC(C(F)(F)F)=NN4C4CCC4)CC3)C2)C1. The van der Waals surface area contributed by atoms with Crippen LogP contribution in [0.2, 0.25) is 0 Å². The standard InChI is InChI=1S/C20H30F3N3O2S/c21-20(22,23)18-10-17(26(24-18)16-2-1-3-16)14-4-6-15(7-5-14)25-9-8-19(11-25)12-29(27,28)13-19/h14-17H,1-13H2/t14-,15-,17?. The summed E-state index contributed by atoms with van der Waals surface area (Å²) in [7, 11) is -2.81. The number of likely N-dealkylation sites (tertiary alicyclic amines) is 1. The van der Waals surface area contributed by atoms with Gasteiger partial charge in [-0.05, 0) is 63.8 Å². The van der Waals surface area contributed by atoms with Gasteiger partial charge >= 0.3 is 6.18 Å². The molecule has 0 N–H and O–H groups in total. The van der Waals surface area contributed by atoms with Gasteiger partial charge < -0.3 is 0 Å². The third-order valence-electron chi connectivity index (χ3n) is 8.08. The lowest BCUT2D eigenvalue weighted by atomic mass is 9.78. The lowest BCUT2D eigenvalue weighted by molar-refractivity contribution is -0.0602. The quantitative estimate of drug-likeness (QED) is 0.686. The van der Waals surface area contributed by atoms with Gasteiger partial charge in [-0.2, -0.15) is 18.3 Å². The fourth-order valence-corrected chi connectivity index (χ4v) is 8.62. The zero-order valence-corrected chi connectivity index (χ0v) is 17.5. The summed E-state index contributed by atoms with van der Waals surface area (Å²) in [6.45, 7) is 1.84. The molecule has 29 heavy (non-hydrogen) atoms. The first-order valence-electron chi connectivity index (χ1n) is 11.0. The van der Waals surface area contributed by atoms with E-state index < -0.39 is 21.7 Å². The van der Waals surface area contributed by atoms with Crippen LogP contribution in [0.25, 0.3) is 0 Å². The van der Waals surface area contributed by atoms with Gasteiger partial charge in [-0.25, -0.2) is 8.42 Å². The van der Waals surface area contributed by atoms with Gasteiger partial charge in [0.1, 0.15) is 5.71 Å². The summed E-state index contributed by atoms with van der Waals surface area (Å²) in [5, 5.41) is 5.86. The molecule has 0 aromatic heterocycles. The van der Waals surface area contributed by atoms with Crippen molar-refractivity contribution in [2.45, 2.75) is 82.1 Å². The number of sulfone groups is 1. The Labute approximate surface area is 170 Å². The first-order chi connectivity index (χ1) is 13.6. The van der Waals surface area contributed by atoms with Crippen LogP contribution in [0, 0.1) is 11.3 Å². The Kier molecular flexibility index (Phi) is 4.74. The highest BCUT2D eigenvalue weighted by atomic mass is 32.2. The van der Waals surface area contributed by atoms with Gasteiger partial charge in [-0.15, -0.1) is 0 Å². The number of hydrogen-bond acceptors (Lipinski definition) is 5. The normalized spacial score (nSPS) is 37.4. The molecule has 3 aliphatic heterocycles. The van der Waals surface area contributed by atoms with E-state index in [0.29, 0.717) is 17.5 Å². The van der Waals surface area contributed by atoms with Crippen molar-refractivity contribution in [1.29, 1.82) is 0 Å². The molecule has 2 aliphatic carbocycles. The molecule has 5 aliphatic rings. The minimum absolute atomic E-state index is 0.0163. The summed E-state index contributed by atoms with van der Waals surface area (Å²) in [5.41, 5.74) is -0.610. The van der Waals surface area contributed by atoms with Crippen LogP contribution < -0.4 is 0 Å². The van der Waals surface area contributed by atoms with Crippen LogP contribution in [0.3, 0.4) is 0 Å². The van der Waals surface area contributed by atoms with Crippen molar-refractivity contribution >= 4 is 15.5 Å². The highest BCUT2D eigenvalue weighted by molar-refractivity contribution is 7.92. The average Bonchev–Trinajstić information content (AvgIpc) is 3.17. The summed E-state index contributed by atoms with van der Waals surface area (Å²) in [6.07, 6.45) is 3.59. The van der Waals surface area contributed by atoms with E-state index in [1.165, 1.54) is 0 Å². The van der Waals surface area contributed by atoms with E-state index in [1.807, 2.05) is 5.01 Å². The molecular weight excluding hydrogens is 403 g/mol. The molecule has 4 fully saturated rings. The van der Waals surface area contributed by atoms with Crippen molar-refractivity contribution in [1.82, 2.24) is 9.91 Å². The Hall–Kier alpha value is -0.830. The molecule has 9 heteroatoms. The second-order valence-electron chi connectivity index (χ2n) is 10.1. The van der Waals surface area contributed by atoms with E-state index in [4.69, 9.17) is 0 Å². The Morgan fingerprint density at radius 2 is 1.69 bits per heavy atom. The molecule has 0 radical (unpaired) electrons. The molecule has 0 aromatic rings. The van der Waals surface area contributed by atoms with Crippen LogP contribution in [-0.4, -0.2) is 72.9 Å². The van der Waals surface area contributed by atoms with E-state index in [1.54, 1.807) is 0 Å². The molecule has 0 aromatic carbocycles. The van der Waals surface area contributed by atoms with Gasteiger partial charge in [0.15, 0.2) is 9.84 Å². The molecule has 5 nitrogen and oxygen atoms in total. The highest BCUT2D eigenvalue weighted by Gasteiger charge is 2.53. The van der Waals surface area contributed by atoms with Crippen LogP contribution in [0.1, 0.15) is 57.8 Å². The second kappa shape index (κ2) is 6.84. The molecule has 164 valence electrons. The van der Waals surface area contributed by atoms with Gasteiger partial charge in [0.2, 0.25) is 0 Å². The molecule has 1 spiro atoms. The number of nitrogens with zero attached hydrogens (tertiary/aromatic N) is 3. The number of hydrazone groups is 1. The Bertz CT molecular complexity index is 773. The first-order valence-corrected chi connectivity index (χ1v) is 12.8. The van der Waals surface area contributed by atoms with E-state index in [-0.39, 0.29) is 29.8 Å². The zero-order chi connectivity index (χ0) is 20.4. The summed E-state index contributed by atoms with van der Waals surface area (Å²) >= 11 is 0. The van der Waals surface area contributed by atoms with Gasteiger partial charge in [-0.1, -0.05) is 0 Å². The van der Waals surface area contributed by atoms with Gasteiger partial charge in [0, 0.05) is 30.5 Å². The van der Waals surface area contributed by atoms with Gasteiger partial charge in [0.25, 0.3) is 0 Å². The fraction of sp³-hybridized carbons (Fsp3) is 0.950. The maximum absolute atomic E-state index is 13.3. The molecule has 3 heterocycles. The van der Waals surface area contributed by atoms with Crippen LogP contribution in [0.15, 0.2) is 5.10 Å². The predicted molar refractivity (Wildman–Crippen MR) is 104 cm³/mol. The third kappa shape index (κ3) is 3.70. The topological polar surface area (TPSA) is 53.0 Å². The molecule has 0 bridgehead atoms. The van der Waals surface area contributed by atoms with E-state index in [0.717, 1.165) is 64.5 Å². The first kappa shape index (κ1) is 20.1. The fourth-order valence-electron chi connectivity index (χ4n) is 6.36. The number of rotatable bonds is 3. The number of hydrogen-bond donors (Lipinski definition) is 0. The molecule has 0 amide bonds. The van der Waals surface area contributed by atoms with Crippen molar-refractivity contribution in [2.24, 2.45) is 16.4 Å². The molecule has 5 rings (SSSR count). The van der Waals surface area contributed by atoms with Crippen molar-refractivity contribution in [3.8, 4) is 0 Å². The number of halogens is 3. The van der Waals surface area contributed by atoms with Crippen molar-refractivity contribution in [2.75, 3.05) is 24.6 Å². The minimum atomic E-state index is -4.32. The monoisotopic (exact) mass is 433 g/mol. The van der Waals surface area contributed by atoms with Crippen molar-refractivity contribution < 1.29 is 21.6 Å². The Morgan fingerprint density at radius 3 is 2.24 bits per heavy atom.